The van der Waals surface area contributed by atoms with E-state index in [9.17, 15) is 14.9 Å². The lowest BCUT2D eigenvalue weighted by Crippen LogP contribution is -2.48. The number of nitriles is 1. The zero-order chi connectivity index (χ0) is 19.3. The number of esters is 1. The Bertz CT molecular complexity index is 722. The third-order valence-electron chi connectivity index (χ3n) is 3.90. The van der Waals surface area contributed by atoms with Gasteiger partial charge in [0.25, 0.3) is 0 Å². The molecule has 0 spiro atoms. The standard InChI is InChI=1S/C18H23N3O4S/c1-5-24-18(23)15-6-14(7-19)17(20-13(15)4)26-10-16(22)21-8-11(2)25-12(3)9-21/h6,11-12H,5,8-10H2,1-4H3/t11-,12+. The summed E-state index contributed by atoms with van der Waals surface area (Å²) in [5.41, 5.74) is 1.01. The van der Waals surface area contributed by atoms with Crippen LogP contribution in [0.5, 0.6) is 0 Å². The normalized spacial score (nSPS) is 19.7. The fourth-order valence-corrected chi connectivity index (χ4v) is 3.70. The number of pyridine rings is 1. The van der Waals surface area contributed by atoms with E-state index >= 15 is 0 Å². The maximum atomic E-state index is 12.5. The first-order chi connectivity index (χ1) is 12.3. The van der Waals surface area contributed by atoms with Gasteiger partial charge >= 0.3 is 5.97 Å². The molecule has 1 aromatic rings. The molecular formula is C18H23N3O4S. The van der Waals surface area contributed by atoms with Crippen LogP contribution in [-0.2, 0) is 14.3 Å². The summed E-state index contributed by atoms with van der Waals surface area (Å²) in [4.78, 5) is 30.5. The molecule has 140 valence electrons. The van der Waals surface area contributed by atoms with Gasteiger partial charge in [-0.2, -0.15) is 5.26 Å². The summed E-state index contributed by atoms with van der Waals surface area (Å²) in [7, 11) is 0. The van der Waals surface area contributed by atoms with Crippen molar-refractivity contribution in [2.75, 3.05) is 25.4 Å². The van der Waals surface area contributed by atoms with Gasteiger partial charge in [-0.1, -0.05) is 11.8 Å². The van der Waals surface area contributed by atoms with Crippen LogP contribution in [0.3, 0.4) is 0 Å². The first-order valence-electron chi connectivity index (χ1n) is 8.50. The third-order valence-corrected chi connectivity index (χ3v) is 4.87. The maximum Gasteiger partial charge on any atom is 0.340 e. The van der Waals surface area contributed by atoms with Crippen LogP contribution >= 0.6 is 11.8 Å². The summed E-state index contributed by atoms with van der Waals surface area (Å²) >= 11 is 1.21. The lowest BCUT2D eigenvalue weighted by Gasteiger charge is -2.35. The summed E-state index contributed by atoms with van der Waals surface area (Å²) in [6.45, 7) is 8.65. The number of aryl methyl sites for hydroxylation is 1. The highest BCUT2D eigenvalue weighted by Crippen LogP contribution is 2.24. The molecule has 8 heteroatoms. The van der Waals surface area contributed by atoms with Crippen LogP contribution < -0.4 is 0 Å². The SMILES string of the molecule is CCOC(=O)c1cc(C#N)c(SCC(=O)N2C[C@@H](C)O[C@@H](C)C2)nc1C. The van der Waals surface area contributed by atoms with Crippen molar-refractivity contribution in [2.45, 2.75) is 44.9 Å². The molecule has 1 saturated heterocycles. The predicted molar refractivity (Wildman–Crippen MR) is 97.0 cm³/mol. The zero-order valence-corrected chi connectivity index (χ0v) is 16.3. The van der Waals surface area contributed by atoms with E-state index in [1.807, 2.05) is 19.9 Å². The molecule has 2 atom stereocenters. The van der Waals surface area contributed by atoms with Crippen molar-refractivity contribution in [1.29, 1.82) is 5.26 Å². The summed E-state index contributed by atoms with van der Waals surface area (Å²) in [6.07, 6.45) is 0.0122. The van der Waals surface area contributed by atoms with E-state index in [2.05, 4.69) is 4.98 Å². The number of morpholine rings is 1. The number of ether oxygens (including phenoxy) is 2. The van der Waals surface area contributed by atoms with Crippen molar-refractivity contribution >= 4 is 23.6 Å². The van der Waals surface area contributed by atoms with Gasteiger partial charge in [0.15, 0.2) is 0 Å². The number of rotatable bonds is 5. The van der Waals surface area contributed by atoms with Gasteiger partial charge in [-0.3, -0.25) is 4.79 Å². The largest absolute Gasteiger partial charge is 0.462 e. The molecular weight excluding hydrogens is 354 g/mol. The topological polar surface area (TPSA) is 92.5 Å². The molecule has 0 aliphatic carbocycles. The van der Waals surface area contributed by atoms with Gasteiger partial charge in [0.1, 0.15) is 11.1 Å². The Morgan fingerprint density at radius 1 is 1.42 bits per heavy atom. The Hall–Kier alpha value is -2.11. The Morgan fingerprint density at radius 2 is 2.08 bits per heavy atom. The molecule has 1 fully saturated rings. The minimum Gasteiger partial charge on any atom is -0.462 e. The Morgan fingerprint density at radius 3 is 2.65 bits per heavy atom. The molecule has 7 nitrogen and oxygen atoms in total. The van der Waals surface area contributed by atoms with Gasteiger partial charge in [0.2, 0.25) is 5.91 Å². The second-order valence-electron chi connectivity index (χ2n) is 6.15. The van der Waals surface area contributed by atoms with E-state index in [-0.39, 0.29) is 41.6 Å². The first-order valence-corrected chi connectivity index (χ1v) is 9.49. The van der Waals surface area contributed by atoms with Crippen LogP contribution in [0.15, 0.2) is 11.1 Å². The van der Waals surface area contributed by atoms with Crippen LogP contribution in [-0.4, -0.2) is 59.4 Å². The van der Waals surface area contributed by atoms with Gasteiger partial charge in [-0.25, -0.2) is 9.78 Å². The smallest absolute Gasteiger partial charge is 0.340 e. The third kappa shape index (κ3) is 4.96. The summed E-state index contributed by atoms with van der Waals surface area (Å²) in [5, 5.41) is 9.81. The van der Waals surface area contributed by atoms with Crippen molar-refractivity contribution in [2.24, 2.45) is 0 Å². The summed E-state index contributed by atoms with van der Waals surface area (Å²) < 4.78 is 10.6. The predicted octanol–water partition coefficient (Wildman–Crippen LogP) is 2.17. The van der Waals surface area contributed by atoms with Gasteiger partial charge in [0.05, 0.1) is 41.4 Å². The molecule has 2 rings (SSSR count). The van der Waals surface area contributed by atoms with Gasteiger partial charge in [-0.15, -0.1) is 0 Å². The molecule has 0 N–H and O–H groups in total. The van der Waals surface area contributed by atoms with E-state index in [4.69, 9.17) is 9.47 Å². The molecule has 1 aliphatic rings. The van der Waals surface area contributed by atoms with Crippen molar-refractivity contribution in [3.8, 4) is 6.07 Å². The average molecular weight is 377 g/mol. The number of aromatic nitrogens is 1. The number of thioether (sulfide) groups is 1. The quantitative estimate of drug-likeness (QED) is 0.573. The molecule has 0 saturated carbocycles. The Kier molecular flexibility index (Phi) is 7.00. The van der Waals surface area contributed by atoms with Gasteiger partial charge in [0, 0.05) is 13.1 Å². The maximum absolute atomic E-state index is 12.5. The van der Waals surface area contributed by atoms with Crippen molar-refractivity contribution in [3.63, 3.8) is 0 Å². The van der Waals surface area contributed by atoms with Crippen molar-refractivity contribution in [3.05, 3.63) is 22.9 Å². The van der Waals surface area contributed by atoms with Crippen LogP contribution in [0.4, 0.5) is 0 Å². The number of hydrogen-bond donors (Lipinski definition) is 0. The van der Waals surface area contributed by atoms with Crippen molar-refractivity contribution < 1.29 is 19.1 Å². The minimum atomic E-state index is -0.502. The minimum absolute atomic E-state index is 0.00611. The van der Waals surface area contributed by atoms with E-state index < -0.39 is 5.97 Å². The number of nitrogens with zero attached hydrogens (tertiary/aromatic N) is 3. The summed E-state index contributed by atoms with van der Waals surface area (Å²) in [6, 6.07) is 3.52. The van der Waals surface area contributed by atoms with E-state index in [0.717, 1.165) is 0 Å². The van der Waals surface area contributed by atoms with Crippen molar-refractivity contribution in [1.82, 2.24) is 9.88 Å². The van der Waals surface area contributed by atoms with Gasteiger partial charge < -0.3 is 14.4 Å². The number of amides is 1. The lowest BCUT2D eigenvalue weighted by atomic mass is 10.1. The van der Waals surface area contributed by atoms with Gasteiger partial charge in [-0.05, 0) is 33.8 Å². The highest BCUT2D eigenvalue weighted by molar-refractivity contribution is 8.00. The number of carbonyl (C=O) groups is 2. The van der Waals surface area contributed by atoms with Crippen LogP contribution in [0.1, 0.15) is 42.4 Å². The highest BCUT2D eigenvalue weighted by Gasteiger charge is 2.26. The lowest BCUT2D eigenvalue weighted by molar-refractivity contribution is -0.140. The average Bonchev–Trinajstić information content (AvgIpc) is 2.58. The number of carbonyl (C=O) groups excluding carboxylic acids is 2. The molecule has 2 heterocycles. The summed E-state index contributed by atoms with van der Waals surface area (Å²) in [5.74, 6) is -0.341. The second-order valence-corrected chi connectivity index (χ2v) is 7.12. The zero-order valence-electron chi connectivity index (χ0n) is 15.4. The molecule has 26 heavy (non-hydrogen) atoms. The molecule has 1 aromatic heterocycles. The molecule has 0 unspecified atom stereocenters. The molecule has 0 bridgehead atoms. The molecule has 1 aliphatic heterocycles. The van der Waals surface area contributed by atoms with Crippen LogP contribution in [0, 0.1) is 18.3 Å². The van der Waals surface area contributed by atoms with E-state index in [1.165, 1.54) is 17.8 Å². The number of hydrogen-bond acceptors (Lipinski definition) is 7. The van der Waals surface area contributed by atoms with Crippen LogP contribution in [0.2, 0.25) is 0 Å². The van der Waals surface area contributed by atoms with E-state index in [1.54, 1.807) is 18.7 Å². The monoisotopic (exact) mass is 377 g/mol. The highest BCUT2D eigenvalue weighted by atomic mass is 32.2. The molecule has 0 radical (unpaired) electrons. The molecule has 1 amide bonds. The Balaban J connectivity index is 2.09. The van der Waals surface area contributed by atoms with Crippen LogP contribution in [0.25, 0.3) is 0 Å². The van der Waals surface area contributed by atoms with E-state index in [0.29, 0.717) is 23.8 Å². The fourth-order valence-electron chi connectivity index (χ4n) is 2.79. The Labute approximate surface area is 157 Å². The first kappa shape index (κ1) is 20.2. The molecule has 0 aromatic carbocycles. The second kappa shape index (κ2) is 9.01. The fraction of sp³-hybridized carbons (Fsp3) is 0.556.